The summed E-state index contributed by atoms with van der Waals surface area (Å²) < 4.78 is 0. The molecule has 2 aliphatic heterocycles. The predicted molar refractivity (Wildman–Crippen MR) is 133 cm³/mol. The zero-order valence-electron chi connectivity index (χ0n) is 18.3. The first-order valence-electron chi connectivity index (χ1n) is 11.4. The van der Waals surface area contributed by atoms with Gasteiger partial charge in [-0.15, -0.1) is 0 Å². The van der Waals surface area contributed by atoms with Crippen molar-refractivity contribution in [1.29, 1.82) is 0 Å². The van der Waals surface area contributed by atoms with Crippen molar-refractivity contribution in [2.45, 2.75) is 37.8 Å². The van der Waals surface area contributed by atoms with Crippen molar-refractivity contribution >= 4 is 28.6 Å². The monoisotopic (exact) mass is 446 g/mol. The summed E-state index contributed by atoms with van der Waals surface area (Å²) in [6.07, 6.45) is 5.11. The van der Waals surface area contributed by atoms with E-state index in [1.807, 2.05) is 35.7 Å². The first-order valence-corrected chi connectivity index (χ1v) is 12.3. The number of carbonyl (C=O) groups is 1. The molecular formula is C26H30N4OS. The van der Waals surface area contributed by atoms with Crippen LogP contribution in [0.2, 0.25) is 0 Å². The first-order chi connectivity index (χ1) is 15.6. The van der Waals surface area contributed by atoms with E-state index in [2.05, 4.69) is 39.1 Å². The highest BCUT2D eigenvalue weighted by atomic mass is 32.1. The number of benzene rings is 2. The topological polar surface area (TPSA) is 70.4 Å². The van der Waals surface area contributed by atoms with E-state index in [9.17, 15) is 4.79 Å². The molecule has 4 N–H and O–H groups in total. The molecule has 0 radical (unpaired) electrons. The van der Waals surface area contributed by atoms with E-state index in [1.165, 1.54) is 37.8 Å². The Labute approximate surface area is 193 Å². The molecule has 0 bridgehead atoms. The minimum atomic E-state index is -0.141. The molecule has 3 aromatic rings. The van der Waals surface area contributed by atoms with Gasteiger partial charge in [0.25, 0.3) is 5.91 Å². The van der Waals surface area contributed by atoms with Crippen LogP contribution in [0.5, 0.6) is 0 Å². The highest BCUT2D eigenvalue weighted by molar-refractivity contribution is 7.08. The number of amides is 1. The van der Waals surface area contributed by atoms with Gasteiger partial charge < -0.3 is 16.4 Å². The van der Waals surface area contributed by atoms with E-state index in [4.69, 9.17) is 5.73 Å². The minimum absolute atomic E-state index is 0.141. The lowest BCUT2D eigenvalue weighted by molar-refractivity contribution is 0.102. The average molecular weight is 447 g/mol. The second-order valence-corrected chi connectivity index (χ2v) is 9.83. The van der Waals surface area contributed by atoms with Crippen LogP contribution in [0.1, 0.15) is 41.6 Å². The summed E-state index contributed by atoms with van der Waals surface area (Å²) in [7, 11) is 0. The zero-order valence-corrected chi connectivity index (χ0v) is 19.1. The average Bonchev–Trinajstić information content (AvgIpc) is 3.50. The molecule has 5 nitrogen and oxygen atoms in total. The van der Waals surface area contributed by atoms with Crippen LogP contribution < -0.4 is 16.4 Å². The summed E-state index contributed by atoms with van der Waals surface area (Å²) in [4.78, 5) is 15.4. The van der Waals surface area contributed by atoms with Crippen molar-refractivity contribution in [3.63, 3.8) is 0 Å². The lowest BCUT2D eigenvalue weighted by Crippen LogP contribution is -2.49. The standard InChI is InChI=1S/C26H30N4OS/c27-23-7-6-21(22-8-15-32-18-22)16-24(23)29-25(31)20-4-2-19(3-5-20)17-30-13-10-26(11-14-30)9-1-12-28-26/h2-8,15-16,18,28H,1,9-14,17,27H2,(H,29,31). The second-order valence-electron chi connectivity index (χ2n) is 9.05. The van der Waals surface area contributed by atoms with Crippen LogP contribution in [0, 0.1) is 0 Å². The summed E-state index contributed by atoms with van der Waals surface area (Å²) in [5.41, 5.74) is 11.8. The van der Waals surface area contributed by atoms with E-state index < -0.39 is 0 Å². The van der Waals surface area contributed by atoms with Gasteiger partial charge in [-0.2, -0.15) is 11.3 Å². The highest BCUT2D eigenvalue weighted by Crippen LogP contribution is 2.31. The number of piperidine rings is 1. The number of nitrogens with one attached hydrogen (secondary N) is 2. The Bertz CT molecular complexity index is 1060. The summed E-state index contributed by atoms with van der Waals surface area (Å²) in [5.74, 6) is -0.141. The van der Waals surface area contributed by atoms with Gasteiger partial charge in [0, 0.05) is 30.7 Å². The molecule has 5 rings (SSSR count). The number of rotatable bonds is 5. The fourth-order valence-electron chi connectivity index (χ4n) is 4.92. The lowest BCUT2D eigenvalue weighted by Gasteiger charge is -2.39. The van der Waals surface area contributed by atoms with E-state index in [0.29, 0.717) is 22.5 Å². The Balaban J connectivity index is 1.20. The third-order valence-corrected chi connectivity index (χ3v) is 7.61. The molecule has 0 unspecified atom stereocenters. The van der Waals surface area contributed by atoms with Gasteiger partial charge in [-0.1, -0.05) is 18.2 Å². The summed E-state index contributed by atoms with van der Waals surface area (Å²) in [6, 6.07) is 15.8. The van der Waals surface area contributed by atoms with Crippen molar-refractivity contribution in [2.75, 3.05) is 30.7 Å². The fourth-order valence-corrected chi connectivity index (χ4v) is 5.59. The first kappa shape index (κ1) is 21.2. The van der Waals surface area contributed by atoms with Crippen molar-refractivity contribution in [3.05, 3.63) is 70.4 Å². The minimum Gasteiger partial charge on any atom is -0.397 e. The van der Waals surface area contributed by atoms with E-state index >= 15 is 0 Å². The third-order valence-electron chi connectivity index (χ3n) is 6.92. The molecule has 32 heavy (non-hydrogen) atoms. The predicted octanol–water partition coefficient (Wildman–Crippen LogP) is 4.97. The Hall–Kier alpha value is -2.67. The molecule has 3 heterocycles. The summed E-state index contributed by atoms with van der Waals surface area (Å²) >= 11 is 1.65. The van der Waals surface area contributed by atoms with Crippen LogP contribution in [0.15, 0.2) is 59.3 Å². The van der Waals surface area contributed by atoms with Gasteiger partial charge in [-0.05, 0) is 90.0 Å². The van der Waals surface area contributed by atoms with E-state index in [1.54, 1.807) is 11.3 Å². The van der Waals surface area contributed by atoms with Crippen molar-refractivity contribution in [1.82, 2.24) is 10.2 Å². The maximum Gasteiger partial charge on any atom is 0.255 e. The number of carbonyl (C=O) groups excluding carboxylic acids is 1. The quantitative estimate of drug-likeness (QED) is 0.484. The Morgan fingerprint density at radius 3 is 2.56 bits per heavy atom. The van der Waals surface area contributed by atoms with Gasteiger partial charge >= 0.3 is 0 Å². The van der Waals surface area contributed by atoms with Gasteiger partial charge in [-0.25, -0.2) is 0 Å². The lowest BCUT2D eigenvalue weighted by atomic mass is 9.86. The molecule has 166 valence electrons. The summed E-state index contributed by atoms with van der Waals surface area (Å²) in [6.45, 7) is 4.38. The smallest absolute Gasteiger partial charge is 0.255 e. The molecule has 0 atom stereocenters. The Morgan fingerprint density at radius 1 is 1.06 bits per heavy atom. The zero-order chi connectivity index (χ0) is 22.0. The van der Waals surface area contributed by atoms with Gasteiger partial charge in [0.15, 0.2) is 0 Å². The van der Waals surface area contributed by atoms with Crippen LogP contribution in [0.3, 0.4) is 0 Å². The van der Waals surface area contributed by atoms with Crippen LogP contribution in [0.25, 0.3) is 11.1 Å². The SMILES string of the molecule is Nc1ccc(-c2ccsc2)cc1NC(=O)c1ccc(CN2CCC3(CCCN3)CC2)cc1. The fraction of sp³-hybridized carbons (Fsp3) is 0.346. The molecule has 1 aromatic heterocycles. The second kappa shape index (κ2) is 9.06. The molecule has 2 saturated heterocycles. The molecule has 2 aliphatic rings. The van der Waals surface area contributed by atoms with Crippen LogP contribution in [0.4, 0.5) is 11.4 Å². The maximum atomic E-state index is 12.8. The van der Waals surface area contributed by atoms with Gasteiger partial charge in [-0.3, -0.25) is 9.69 Å². The molecule has 0 saturated carbocycles. The summed E-state index contributed by atoms with van der Waals surface area (Å²) in [5, 5.41) is 10.8. The molecule has 1 amide bonds. The number of nitrogens with zero attached hydrogens (tertiary/aromatic N) is 1. The number of thiophene rings is 1. The molecule has 2 aromatic carbocycles. The Morgan fingerprint density at radius 2 is 1.88 bits per heavy atom. The number of nitrogen functional groups attached to an aromatic ring is 1. The van der Waals surface area contributed by atoms with E-state index in [0.717, 1.165) is 30.8 Å². The number of likely N-dealkylation sites (tertiary alicyclic amines) is 1. The number of hydrogen-bond acceptors (Lipinski definition) is 5. The van der Waals surface area contributed by atoms with Gasteiger partial charge in [0.2, 0.25) is 0 Å². The van der Waals surface area contributed by atoms with Crippen molar-refractivity contribution in [2.24, 2.45) is 0 Å². The third kappa shape index (κ3) is 4.58. The largest absolute Gasteiger partial charge is 0.397 e. The van der Waals surface area contributed by atoms with Crippen molar-refractivity contribution < 1.29 is 4.79 Å². The van der Waals surface area contributed by atoms with Crippen LogP contribution >= 0.6 is 11.3 Å². The van der Waals surface area contributed by atoms with Crippen LogP contribution in [-0.2, 0) is 6.54 Å². The highest BCUT2D eigenvalue weighted by Gasteiger charge is 2.36. The van der Waals surface area contributed by atoms with Crippen LogP contribution in [-0.4, -0.2) is 36.0 Å². The maximum absolute atomic E-state index is 12.8. The normalized spacial score (nSPS) is 18.1. The van der Waals surface area contributed by atoms with Gasteiger partial charge in [0.1, 0.15) is 0 Å². The molecule has 2 fully saturated rings. The molecule has 1 spiro atoms. The van der Waals surface area contributed by atoms with Gasteiger partial charge in [0.05, 0.1) is 11.4 Å². The number of nitrogens with two attached hydrogens (primary N) is 1. The molecule has 6 heteroatoms. The van der Waals surface area contributed by atoms with E-state index in [-0.39, 0.29) is 5.91 Å². The number of anilines is 2. The molecular weight excluding hydrogens is 416 g/mol. The number of hydrogen-bond donors (Lipinski definition) is 3. The molecule has 0 aliphatic carbocycles. The Kier molecular flexibility index (Phi) is 6.00. The van der Waals surface area contributed by atoms with Crippen molar-refractivity contribution in [3.8, 4) is 11.1 Å².